The van der Waals surface area contributed by atoms with Gasteiger partial charge in [-0.05, 0) is 48.5 Å². The van der Waals surface area contributed by atoms with Crippen molar-refractivity contribution >= 4 is 26.6 Å². The average molecular weight is 511 g/mol. The molecule has 210 valence electrons. The fourth-order valence-electron chi connectivity index (χ4n) is 2.85. The molecule has 1 aromatic rings. The first-order valence-corrected chi connectivity index (χ1v) is 12.4. The van der Waals surface area contributed by atoms with E-state index in [1.165, 1.54) is 0 Å². The summed E-state index contributed by atoms with van der Waals surface area (Å²) in [6.45, 7) is 19.1. The molecule has 0 amide bonds. The van der Waals surface area contributed by atoms with E-state index >= 15 is 0 Å². The highest BCUT2D eigenvalue weighted by molar-refractivity contribution is 6.61. The molecule has 0 aromatic carbocycles. The Kier molecular flexibility index (Phi) is 33.3. The molecule has 0 atom stereocenters. The summed E-state index contributed by atoms with van der Waals surface area (Å²) in [4.78, 5) is 18.2. The van der Waals surface area contributed by atoms with Gasteiger partial charge in [0.05, 0.1) is 6.17 Å². The molecule has 0 bridgehead atoms. The fraction of sp³-hybridized carbons (Fsp3) is 0.875. The first-order chi connectivity index (χ1) is 13.5. The van der Waals surface area contributed by atoms with E-state index in [1.54, 1.807) is 0 Å². The lowest BCUT2D eigenvalue weighted by molar-refractivity contribution is 0.0740. The van der Waals surface area contributed by atoms with Gasteiger partial charge in [-0.3, -0.25) is 0 Å². The summed E-state index contributed by atoms with van der Waals surface area (Å²) in [5, 5.41) is 3.30. The molecule has 0 unspecified atom stereocenters. The topological polar surface area (TPSA) is 84.9 Å². The molecule has 0 aliphatic carbocycles. The minimum Gasteiger partial charge on any atom is -0.373 e. The standard InChI is InChI=1S/C18H38N6O3Si.6CH4/c1-8-23(9-2)17-20-16(21-18(22-17)24(10-3)11-4)19-15-28(25-12-5,26-13-6)27-14-7;;;;;;/h8-15H2,1-7H3,(H,19,20,21,22);6*1H4. The molecular formula is C24H62N6O3Si. The predicted octanol–water partition coefficient (Wildman–Crippen LogP) is 6.38. The van der Waals surface area contributed by atoms with E-state index in [-0.39, 0.29) is 44.6 Å². The van der Waals surface area contributed by atoms with Crippen LogP contribution in [0.3, 0.4) is 0 Å². The summed E-state index contributed by atoms with van der Waals surface area (Å²) in [6.07, 6.45) is 0.405. The molecule has 0 aliphatic rings. The summed E-state index contributed by atoms with van der Waals surface area (Å²) < 4.78 is 17.7. The zero-order chi connectivity index (χ0) is 21.0. The molecule has 34 heavy (non-hydrogen) atoms. The van der Waals surface area contributed by atoms with Gasteiger partial charge in [0.2, 0.25) is 17.8 Å². The maximum absolute atomic E-state index is 5.91. The van der Waals surface area contributed by atoms with E-state index < -0.39 is 8.80 Å². The molecule has 0 fully saturated rings. The number of rotatable bonds is 15. The minimum absolute atomic E-state index is 0. The Labute approximate surface area is 215 Å². The van der Waals surface area contributed by atoms with Gasteiger partial charge in [0.15, 0.2) is 0 Å². The lowest BCUT2D eigenvalue weighted by atomic mass is 10.5. The Hall–Kier alpha value is -1.49. The molecule has 0 saturated carbocycles. The third kappa shape index (κ3) is 13.4. The van der Waals surface area contributed by atoms with E-state index in [0.29, 0.717) is 43.8 Å². The van der Waals surface area contributed by atoms with E-state index in [0.717, 1.165) is 26.2 Å². The van der Waals surface area contributed by atoms with Crippen molar-refractivity contribution in [3.63, 3.8) is 0 Å². The number of aromatic nitrogens is 3. The molecule has 1 heterocycles. The van der Waals surface area contributed by atoms with Crippen LogP contribution in [0.1, 0.15) is 93.0 Å². The monoisotopic (exact) mass is 510 g/mol. The molecule has 10 heteroatoms. The Morgan fingerprint density at radius 2 is 0.912 bits per heavy atom. The van der Waals surface area contributed by atoms with Crippen LogP contribution in [-0.2, 0) is 13.3 Å². The summed E-state index contributed by atoms with van der Waals surface area (Å²) in [5.74, 6) is 1.84. The number of nitrogens with zero attached hydrogens (tertiary/aromatic N) is 5. The molecule has 0 spiro atoms. The van der Waals surface area contributed by atoms with Gasteiger partial charge in [-0.25, -0.2) is 0 Å². The smallest absolute Gasteiger partial charge is 0.373 e. The van der Waals surface area contributed by atoms with Gasteiger partial charge in [-0.15, -0.1) is 0 Å². The molecule has 1 rings (SSSR count). The van der Waals surface area contributed by atoms with Gasteiger partial charge in [0, 0.05) is 46.0 Å². The first-order valence-electron chi connectivity index (χ1n) is 10.4. The Balaban J connectivity index is -0.000000327. The lowest BCUT2D eigenvalue weighted by Gasteiger charge is -2.29. The maximum Gasteiger partial charge on any atom is 0.521 e. The molecule has 0 radical (unpaired) electrons. The van der Waals surface area contributed by atoms with E-state index in [4.69, 9.17) is 13.3 Å². The van der Waals surface area contributed by atoms with Gasteiger partial charge in [0.1, 0.15) is 0 Å². The number of nitrogens with one attached hydrogen (secondary N) is 1. The molecule has 0 aliphatic heterocycles. The summed E-state index contributed by atoms with van der Waals surface area (Å²) in [7, 11) is -2.84. The molecule has 0 saturated heterocycles. The van der Waals surface area contributed by atoms with E-state index in [9.17, 15) is 0 Å². The molecule has 9 nitrogen and oxygen atoms in total. The van der Waals surface area contributed by atoms with Crippen LogP contribution in [0.15, 0.2) is 0 Å². The highest BCUT2D eigenvalue weighted by atomic mass is 28.4. The molecule has 1 aromatic heterocycles. The Bertz CT molecular complexity index is 514. The average Bonchev–Trinajstić information content (AvgIpc) is 2.69. The van der Waals surface area contributed by atoms with Gasteiger partial charge in [0.25, 0.3) is 0 Å². The lowest BCUT2D eigenvalue weighted by Crippen LogP contribution is -2.52. The van der Waals surface area contributed by atoms with Crippen LogP contribution in [0, 0.1) is 0 Å². The third-order valence-electron chi connectivity index (χ3n) is 4.26. The summed E-state index contributed by atoms with van der Waals surface area (Å²) in [5.41, 5.74) is 0. The van der Waals surface area contributed by atoms with Crippen LogP contribution >= 0.6 is 0 Å². The van der Waals surface area contributed by atoms with Crippen LogP contribution in [0.4, 0.5) is 17.8 Å². The fourth-order valence-corrected chi connectivity index (χ4v) is 5.10. The Morgan fingerprint density at radius 1 is 0.588 bits per heavy atom. The van der Waals surface area contributed by atoms with Gasteiger partial charge in [-0.1, -0.05) is 44.6 Å². The zero-order valence-corrected chi connectivity index (χ0v) is 19.6. The largest absolute Gasteiger partial charge is 0.521 e. The number of hydrogen-bond acceptors (Lipinski definition) is 9. The summed E-state index contributed by atoms with van der Waals surface area (Å²) >= 11 is 0. The van der Waals surface area contributed by atoms with Crippen molar-refractivity contribution in [2.24, 2.45) is 0 Å². The van der Waals surface area contributed by atoms with E-state index in [2.05, 4.69) is 57.8 Å². The third-order valence-corrected chi connectivity index (χ3v) is 7.06. The van der Waals surface area contributed by atoms with Crippen LogP contribution in [0.2, 0.25) is 0 Å². The van der Waals surface area contributed by atoms with Crippen molar-refractivity contribution in [2.75, 3.05) is 67.3 Å². The first kappa shape index (κ1) is 45.9. The van der Waals surface area contributed by atoms with Crippen LogP contribution in [-0.4, -0.2) is 75.9 Å². The van der Waals surface area contributed by atoms with Crippen LogP contribution in [0.25, 0.3) is 0 Å². The van der Waals surface area contributed by atoms with Crippen molar-refractivity contribution in [2.45, 2.75) is 93.0 Å². The number of hydrogen-bond donors (Lipinski definition) is 1. The van der Waals surface area contributed by atoms with Crippen LogP contribution in [0.5, 0.6) is 0 Å². The van der Waals surface area contributed by atoms with Crippen molar-refractivity contribution < 1.29 is 13.3 Å². The predicted molar refractivity (Wildman–Crippen MR) is 156 cm³/mol. The molecule has 1 N–H and O–H groups in total. The highest BCUT2D eigenvalue weighted by Crippen LogP contribution is 2.18. The second kappa shape index (κ2) is 24.6. The van der Waals surface area contributed by atoms with Gasteiger partial charge in [-0.2, -0.15) is 15.0 Å². The second-order valence-corrected chi connectivity index (χ2v) is 8.52. The van der Waals surface area contributed by atoms with Crippen LogP contribution < -0.4 is 15.1 Å². The highest BCUT2D eigenvalue weighted by Gasteiger charge is 2.40. The van der Waals surface area contributed by atoms with Gasteiger partial charge >= 0.3 is 8.80 Å². The minimum atomic E-state index is -2.84. The zero-order valence-electron chi connectivity index (χ0n) is 18.6. The normalized spacial score (nSPS) is 9.50. The van der Waals surface area contributed by atoms with Crippen molar-refractivity contribution in [1.82, 2.24) is 15.0 Å². The van der Waals surface area contributed by atoms with E-state index in [1.807, 2.05) is 20.8 Å². The van der Waals surface area contributed by atoms with Crippen molar-refractivity contribution in [3.8, 4) is 0 Å². The second-order valence-electron chi connectivity index (χ2n) is 5.94. The quantitative estimate of drug-likeness (QED) is 0.270. The Morgan fingerprint density at radius 3 is 1.18 bits per heavy atom. The summed E-state index contributed by atoms with van der Waals surface area (Å²) in [6, 6.07) is 0. The molecular weight excluding hydrogens is 448 g/mol. The van der Waals surface area contributed by atoms with Gasteiger partial charge < -0.3 is 28.4 Å². The van der Waals surface area contributed by atoms with Crippen molar-refractivity contribution in [1.29, 1.82) is 0 Å². The van der Waals surface area contributed by atoms with Crippen molar-refractivity contribution in [3.05, 3.63) is 0 Å². The number of anilines is 3. The maximum atomic E-state index is 5.91. The SMILES string of the molecule is C.C.C.C.C.C.CCO[Si](CNc1nc(N(CC)CC)nc(N(CC)CC)n1)(OCC)OCC.